The van der Waals surface area contributed by atoms with Gasteiger partial charge in [-0.25, -0.2) is 0 Å². The zero-order chi connectivity index (χ0) is 8.97. The first kappa shape index (κ1) is 13.0. The Kier molecular flexibility index (Phi) is 6.44. The Morgan fingerprint density at radius 3 is 2.85 bits per heavy atom. The van der Waals surface area contributed by atoms with Crippen LogP contribution in [0, 0.1) is 5.92 Å². The van der Waals surface area contributed by atoms with Gasteiger partial charge in [-0.1, -0.05) is 19.4 Å². The standard InChI is InChI=1S/C11H21N.ClH/c1-4-10(3)12-8-6-7-11(5-2)9-12;/h4,10-11H,1,5-9H2,2-3H3;1H. The first-order valence-electron chi connectivity index (χ1n) is 5.14. The maximum absolute atomic E-state index is 3.84. The second kappa shape index (κ2) is 6.44. The molecular formula is C11H22ClN. The summed E-state index contributed by atoms with van der Waals surface area (Å²) in [6.07, 6.45) is 6.19. The summed E-state index contributed by atoms with van der Waals surface area (Å²) in [5, 5.41) is 0. The Labute approximate surface area is 88.6 Å². The lowest BCUT2D eigenvalue weighted by molar-refractivity contribution is 0.150. The van der Waals surface area contributed by atoms with Crippen molar-refractivity contribution in [2.75, 3.05) is 13.1 Å². The average molecular weight is 204 g/mol. The van der Waals surface area contributed by atoms with Crippen LogP contribution in [0.4, 0.5) is 0 Å². The number of nitrogens with zero attached hydrogens (tertiary/aromatic N) is 1. The van der Waals surface area contributed by atoms with Crippen LogP contribution >= 0.6 is 12.4 Å². The molecule has 0 N–H and O–H groups in total. The molecule has 0 bridgehead atoms. The summed E-state index contributed by atoms with van der Waals surface area (Å²) in [6, 6.07) is 0.569. The fourth-order valence-electron chi connectivity index (χ4n) is 1.95. The maximum atomic E-state index is 3.84. The van der Waals surface area contributed by atoms with Gasteiger partial charge < -0.3 is 0 Å². The van der Waals surface area contributed by atoms with Crippen LogP contribution in [0.5, 0.6) is 0 Å². The zero-order valence-electron chi connectivity index (χ0n) is 8.83. The van der Waals surface area contributed by atoms with Crippen molar-refractivity contribution in [1.82, 2.24) is 4.90 Å². The Bertz CT molecular complexity index is 147. The minimum atomic E-state index is 0. The molecule has 1 aliphatic heterocycles. The number of halogens is 1. The highest BCUT2D eigenvalue weighted by atomic mass is 35.5. The molecule has 0 amide bonds. The van der Waals surface area contributed by atoms with Gasteiger partial charge in [-0.15, -0.1) is 19.0 Å². The Morgan fingerprint density at radius 2 is 2.31 bits per heavy atom. The van der Waals surface area contributed by atoms with Crippen LogP contribution < -0.4 is 0 Å². The molecule has 0 aliphatic carbocycles. The zero-order valence-corrected chi connectivity index (χ0v) is 9.65. The van der Waals surface area contributed by atoms with Crippen molar-refractivity contribution in [1.29, 1.82) is 0 Å². The minimum Gasteiger partial charge on any atom is -0.297 e. The lowest BCUT2D eigenvalue weighted by Crippen LogP contribution is -2.40. The second-order valence-electron chi connectivity index (χ2n) is 3.89. The topological polar surface area (TPSA) is 3.24 Å². The van der Waals surface area contributed by atoms with Gasteiger partial charge in [-0.2, -0.15) is 0 Å². The van der Waals surface area contributed by atoms with Crippen LogP contribution in [0.15, 0.2) is 12.7 Å². The van der Waals surface area contributed by atoms with E-state index in [-0.39, 0.29) is 12.4 Å². The van der Waals surface area contributed by atoms with E-state index in [0.29, 0.717) is 6.04 Å². The summed E-state index contributed by atoms with van der Waals surface area (Å²) in [5.74, 6) is 0.932. The van der Waals surface area contributed by atoms with Crippen molar-refractivity contribution in [3.05, 3.63) is 12.7 Å². The van der Waals surface area contributed by atoms with Crippen LogP contribution in [0.3, 0.4) is 0 Å². The molecule has 1 fully saturated rings. The van der Waals surface area contributed by atoms with E-state index in [1.807, 2.05) is 0 Å². The average Bonchev–Trinajstić information content (AvgIpc) is 2.17. The summed E-state index contributed by atoms with van der Waals surface area (Å²) < 4.78 is 0. The Morgan fingerprint density at radius 1 is 1.62 bits per heavy atom. The van der Waals surface area contributed by atoms with Crippen LogP contribution in [0.2, 0.25) is 0 Å². The molecule has 1 aliphatic rings. The number of hydrogen-bond donors (Lipinski definition) is 0. The molecule has 13 heavy (non-hydrogen) atoms. The Balaban J connectivity index is 0.00000144. The monoisotopic (exact) mass is 203 g/mol. The molecule has 0 spiro atoms. The van der Waals surface area contributed by atoms with Crippen molar-refractivity contribution in [3.63, 3.8) is 0 Å². The molecule has 1 nitrogen and oxygen atoms in total. The normalized spacial score (nSPS) is 26.2. The predicted molar refractivity (Wildman–Crippen MR) is 61.5 cm³/mol. The highest BCUT2D eigenvalue weighted by molar-refractivity contribution is 5.85. The number of piperidine rings is 1. The van der Waals surface area contributed by atoms with Crippen LogP contribution in [-0.2, 0) is 0 Å². The first-order chi connectivity index (χ1) is 5.77. The third kappa shape index (κ3) is 3.70. The van der Waals surface area contributed by atoms with Gasteiger partial charge in [0.15, 0.2) is 0 Å². The van der Waals surface area contributed by atoms with E-state index in [9.17, 15) is 0 Å². The largest absolute Gasteiger partial charge is 0.297 e. The first-order valence-corrected chi connectivity index (χ1v) is 5.14. The van der Waals surface area contributed by atoms with E-state index in [2.05, 4.69) is 31.4 Å². The SMILES string of the molecule is C=CC(C)N1CCCC(CC)C1.Cl. The van der Waals surface area contributed by atoms with E-state index in [1.54, 1.807) is 0 Å². The van der Waals surface area contributed by atoms with Crippen LogP contribution in [-0.4, -0.2) is 24.0 Å². The van der Waals surface area contributed by atoms with Gasteiger partial charge in [0.1, 0.15) is 0 Å². The molecule has 0 aromatic heterocycles. The third-order valence-electron chi connectivity index (χ3n) is 3.04. The number of rotatable bonds is 3. The van der Waals surface area contributed by atoms with Crippen molar-refractivity contribution in [3.8, 4) is 0 Å². The summed E-state index contributed by atoms with van der Waals surface area (Å²) >= 11 is 0. The third-order valence-corrected chi connectivity index (χ3v) is 3.04. The number of hydrogen-bond acceptors (Lipinski definition) is 1. The van der Waals surface area contributed by atoms with Gasteiger partial charge in [-0.05, 0) is 32.2 Å². The van der Waals surface area contributed by atoms with Gasteiger partial charge in [0, 0.05) is 12.6 Å². The summed E-state index contributed by atoms with van der Waals surface area (Å²) in [5.41, 5.74) is 0. The molecule has 0 radical (unpaired) electrons. The van der Waals surface area contributed by atoms with Gasteiger partial charge in [0.2, 0.25) is 0 Å². The van der Waals surface area contributed by atoms with E-state index in [0.717, 1.165) is 5.92 Å². The lowest BCUT2D eigenvalue weighted by atomic mass is 9.95. The maximum Gasteiger partial charge on any atom is 0.0247 e. The highest BCUT2D eigenvalue weighted by Crippen LogP contribution is 2.20. The molecule has 1 heterocycles. The van der Waals surface area contributed by atoms with E-state index < -0.39 is 0 Å². The fraction of sp³-hybridized carbons (Fsp3) is 0.818. The summed E-state index contributed by atoms with van der Waals surface area (Å²) in [7, 11) is 0. The Hall–Kier alpha value is -0.0100. The van der Waals surface area contributed by atoms with E-state index in [4.69, 9.17) is 0 Å². The molecule has 2 unspecified atom stereocenters. The second-order valence-corrected chi connectivity index (χ2v) is 3.89. The van der Waals surface area contributed by atoms with Gasteiger partial charge in [-0.3, -0.25) is 4.90 Å². The van der Waals surface area contributed by atoms with E-state index in [1.165, 1.54) is 32.4 Å². The van der Waals surface area contributed by atoms with Crippen molar-refractivity contribution >= 4 is 12.4 Å². The minimum absolute atomic E-state index is 0. The molecule has 0 saturated carbocycles. The predicted octanol–water partition coefficient (Wildman–Crippen LogP) is 3.10. The summed E-state index contributed by atoms with van der Waals surface area (Å²) in [4.78, 5) is 2.55. The van der Waals surface area contributed by atoms with Crippen LogP contribution in [0.25, 0.3) is 0 Å². The highest BCUT2D eigenvalue weighted by Gasteiger charge is 2.20. The van der Waals surface area contributed by atoms with Crippen molar-refractivity contribution in [2.24, 2.45) is 5.92 Å². The van der Waals surface area contributed by atoms with Gasteiger partial charge in [0.05, 0.1) is 0 Å². The molecule has 1 saturated heterocycles. The lowest BCUT2D eigenvalue weighted by Gasteiger charge is -2.35. The fourth-order valence-corrected chi connectivity index (χ4v) is 1.95. The summed E-state index contributed by atoms with van der Waals surface area (Å²) in [6.45, 7) is 10.9. The molecular weight excluding hydrogens is 182 g/mol. The molecule has 1 rings (SSSR count). The molecule has 0 aromatic carbocycles. The quantitative estimate of drug-likeness (QED) is 0.638. The number of likely N-dealkylation sites (tertiary alicyclic amines) is 1. The van der Waals surface area contributed by atoms with Crippen molar-refractivity contribution < 1.29 is 0 Å². The molecule has 2 atom stereocenters. The van der Waals surface area contributed by atoms with Gasteiger partial charge in [0.25, 0.3) is 0 Å². The molecule has 78 valence electrons. The smallest absolute Gasteiger partial charge is 0.0247 e. The van der Waals surface area contributed by atoms with E-state index >= 15 is 0 Å². The molecule has 2 heteroatoms. The van der Waals surface area contributed by atoms with Crippen molar-refractivity contribution in [2.45, 2.75) is 39.2 Å². The molecule has 0 aromatic rings. The van der Waals surface area contributed by atoms with Crippen LogP contribution in [0.1, 0.15) is 33.1 Å². The van der Waals surface area contributed by atoms with Gasteiger partial charge >= 0.3 is 0 Å².